The molecule has 0 aliphatic rings. The maximum atomic E-state index is 5.11. The molecule has 540 valence electrons. The van der Waals surface area contributed by atoms with Crippen LogP contribution in [-0.2, 0) is 0 Å². The molecule has 0 aliphatic carbocycles. The molecule has 9 nitrogen and oxygen atoms in total. The van der Waals surface area contributed by atoms with Crippen molar-refractivity contribution in [2.24, 2.45) is 0 Å². The predicted octanol–water partition coefficient (Wildman–Crippen LogP) is 27.3. The lowest BCUT2D eigenvalue weighted by molar-refractivity contribution is 1.31. The standard InChI is InChI=1S/2C37H23N3.C33H21N3/c1-2-6-30-28(5-1)22-33(32-8-4-3-7-31(30)32)36-16-13-29-21-26(12-15-35(29)39-36)27-10-9-24-11-14-34(40-37(24)23-27)25-17-19-38-20-18-25;1-2-6-31-24(4-1)8-10-27-5-3-7-32(37(27)31)35-17-14-30-22-28(13-16-34(30)39-35)29-11-9-25-12-15-33(40-36(25)23-29)26-18-20-38-21-19-26;1-2-4-25-19-28(8-5-22(25)3-1)32-14-11-29-20-26(10-13-31(29)35-32)27-7-6-23-9-12-30(36-33(23)21-27)24-15-17-34-18-16-24/h2*1-23H;1-21H. The van der Waals surface area contributed by atoms with Crippen LogP contribution >= 0.6 is 0 Å². The van der Waals surface area contributed by atoms with Crippen LogP contribution in [0.2, 0.25) is 0 Å². The van der Waals surface area contributed by atoms with Crippen LogP contribution in [0.1, 0.15) is 0 Å². The Morgan fingerprint density at radius 3 is 0.966 bits per heavy atom. The number of hydrogen-bond acceptors (Lipinski definition) is 9. The second-order valence-corrected chi connectivity index (χ2v) is 29.3. The second-order valence-electron chi connectivity index (χ2n) is 29.3. The predicted molar refractivity (Wildman–Crippen MR) is 481 cm³/mol. The van der Waals surface area contributed by atoms with Crippen molar-refractivity contribution in [3.8, 4) is 101 Å². The Kier molecular flexibility index (Phi) is 17.4. The Hall–Kier alpha value is -15.7. The topological polar surface area (TPSA) is 116 Å². The van der Waals surface area contributed by atoms with E-state index < -0.39 is 0 Å². The molecule has 9 heteroatoms. The molecule has 0 fully saturated rings. The third-order valence-electron chi connectivity index (χ3n) is 22.2. The van der Waals surface area contributed by atoms with Gasteiger partial charge in [-0.3, -0.25) is 15.0 Å². The average Bonchev–Trinajstić information content (AvgIpc) is 0.760. The maximum absolute atomic E-state index is 5.11. The van der Waals surface area contributed by atoms with E-state index in [1.807, 2.05) is 36.4 Å². The summed E-state index contributed by atoms with van der Waals surface area (Å²) < 4.78 is 0. The number of benzene rings is 14. The van der Waals surface area contributed by atoms with Gasteiger partial charge in [-0.1, -0.05) is 231 Å². The first-order chi connectivity index (χ1) is 57.4. The molecule has 116 heavy (non-hydrogen) atoms. The van der Waals surface area contributed by atoms with Gasteiger partial charge in [-0.25, -0.2) is 29.9 Å². The van der Waals surface area contributed by atoms with Gasteiger partial charge in [0, 0.05) is 103 Å². The first kappa shape index (κ1) is 68.3. The molecule has 0 atom stereocenters. The lowest BCUT2D eigenvalue weighted by Gasteiger charge is -2.12. The number of nitrogens with zero attached hydrogens (tertiary/aromatic N) is 9. The third-order valence-corrected chi connectivity index (χ3v) is 22.2. The van der Waals surface area contributed by atoms with Crippen LogP contribution in [-0.4, -0.2) is 44.9 Å². The lowest BCUT2D eigenvalue weighted by Crippen LogP contribution is -1.90. The SMILES string of the molecule is c1ccc2c(c1)cc(-c1ccc3cc(-c4ccc5ccc(-c6ccncc6)nc5c4)ccc3n1)c1ccccc12.c1ccc2c(c1)ccc1cccc(-c3ccc4cc(-c5ccc6ccc(-c7ccncc7)nc6c5)ccc4n3)c12.c1ccc2cc(-c3ccc4cc(-c5ccc6ccc(-c7ccncc7)nc6c5)ccc4n3)ccc2c1. The molecule has 9 aromatic heterocycles. The fourth-order valence-corrected chi connectivity index (χ4v) is 16.2. The van der Waals surface area contributed by atoms with E-state index in [1.54, 1.807) is 37.2 Å². The molecule has 9 heterocycles. The first-order valence-electron chi connectivity index (χ1n) is 38.9. The van der Waals surface area contributed by atoms with Crippen LogP contribution in [0, 0.1) is 0 Å². The third kappa shape index (κ3) is 13.3. The summed E-state index contributed by atoms with van der Waals surface area (Å²) in [4.78, 5) is 42.4. The molecule has 0 aliphatic heterocycles. The summed E-state index contributed by atoms with van der Waals surface area (Å²) in [5.41, 5.74) is 25.2. The van der Waals surface area contributed by atoms with Crippen LogP contribution in [0.5, 0.6) is 0 Å². The zero-order valence-corrected chi connectivity index (χ0v) is 62.7. The highest BCUT2D eigenvalue weighted by atomic mass is 14.7. The van der Waals surface area contributed by atoms with Crippen molar-refractivity contribution >= 4 is 119 Å². The summed E-state index contributed by atoms with van der Waals surface area (Å²) in [5, 5.41) is 19.1. The van der Waals surface area contributed by atoms with Gasteiger partial charge in [-0.15, -0.1) is 0 Å². The van der Waals surface area contributed by atoms with Gasteiger partial charge in [-0.05, 0) is 227 Å². The summed E-state index contributed by atoms with van der Waals surface area (Å²) >= 11 is 0. The molecular formula is C107H67N9. The Morgan fingerprint density at radius 2 is 0.457 bits per heavy atom. The highest BCUT2D eigenvalue weighted by molar-refractivity contribution is 6.15. The molecule has 0 radical (unpaired) electrons. The van der Waals surface area contributed by atoms with Crippen molar-refractivity contribution in [3.05, 3.63) is 407 Å². The summed E-state index contributed by atoms with van der Waals surface area (Å²) in [6.45, 7) is 0. The number of pyridine rings is 9. The molecule has 0 saturated heterocycles. The monoisotopic (exact) mass is 1480 g/mol. The Labute approximate surface area is 668 Å². The summed E-state index contributed by atoms with van der Waals surface area (Å²) in [6, 6.07) is 130. The van der Waals surface area contributed by atoms with E-state index in [0.717, 1.165) is 166 Å². The quantitative estimate of drug-likeness (QED) is 0.130. The Balaban J connectivity index is 0.000000109. The second kappa shape index (κ2) is 29.5. The van der Waals surface area contributed by atoms with Crippen molar-refractivity contribution in [2.75, 3.05) is 0 Å². The van der Waals surface area contributed by atoms with E-state index in [-0.39, 0.29) is 0 Å². The van der Waals surface area contributed by atoms with Gasteiger partial charge in [0.15, 0.2) is 0 Å². The van der Waals surface area contributed by atoms with Crippen LogP contribution < -0.4 is 0 Å². The van der Waals surface area contributed by atoms with Crippen molar-refractivity contribution in [3.63, 3.8) is 0 Å². The molecule has 0 saturated carbocycles. The minimum Gasteiger partial charge on any atom is -0.265 e. The smallest absolute Gasteiger partial charge is 0.0716 e. The summed E-state index contributed by atoms with van der Waals surface area (Å²) in [5.74, 6) is 0. The van der Waals surface area contributed by atoms with E-state index in [4.69, 9.17) is 29.9 Å². The molecule has 0 amide bonds. The van der Waals surface area contributed by atoms with Gasteiger partial charge in [0.05, 0.1) is 67.3 Å². The minimum absolute atomic E-state index is 0.948. The van der Waals surface area contributed by atoms with Gasteiger partial charge in [0.25, 0.3) is 0 Å². The van der Waals surface area contributed by atoms with Crippen LogP contribution in [0.25, 0.3) is 220 Å². The number of rotatable bonds is 9. The average molecular weight is 1480 g/mol. The van der Waals surface area contributed by atoms with Gasteiger partial charge in [0.2, 0.25) is 0 Å². The normalized spacial score (nSPS) is 11.4. The number of aromatic nitrogens is 9. The lowest BCUT2D eigenvalue weighted by atomic mass is 9.95. The Bertz CT molecular complexity index is 7580. The minimum atomic E-state index is 0.948. The fraction of sp³-hybridized carbons (Fsp3) is 0. The van der Waals surface area contributed by atoms with Crippen molar-refractivity contribution in [2.45, 2.75) is 0 Å². The van der Waals surface area contributed by atoms with Gasteiger partial charge < -0.3 is 0 Å². The zero-order chi connectivity index (χ0) is 76.8. The van der Waals surface area contributed by atoms with Gasteiger partial charge >= 0.3 is 0 Å². The maximum Gasteiger partial charge on any atom is 0.0716 e. The first-order valence-corrected chi connectivity index (χ1v) is 38.9. The van der Waals surface area contributed by atoms with Crippen molar-refractivity contribution < 1.29 is 0 Å². The van der Waals surface area contributed by atoms with E-state index in [2.05, 4.69) is 349 Å². The molecule has 23 aromatic rings. The highest BCUT2D eigenvalue weighted by Crippen LogP contribution is 2.40. The number of fused-ring (bicyclic) bond motifs is 13. The van der Waals surface area contributed by atoms with Gasteiger partial charge in [0.1, 0.15) is 0 Å². The molecule has 0 N–H and O–H groups in total. The van der Waals surface area contributed by atoms with E-state index in [9.17, 15) is 0 Å². The van der Waals surface area contributed by atoms with Crippen molar-refractivity contribution in [1.82, 2.24) is 44.9 Å². The number of hydrogen-bond donors (Lipinski definition) is 0. The summed E-state index contributed by atoms with van der Waals surface area (Å²) in [6.07, 6.45) is 10.8. The van der Waals surface area contributed by atoms with Crippen molar-refractivity contribution in [1.29, 1.82) is 0 Å². The zero-order valence-electron chi connectivity index (χ0n) is 62.7. The molecule has 0 spiro atoms. The largest absolute Gasteiger partial charge is 0.265 e. The highest BCUT2D eigenvalue weighted by Gasteiger charge is 2.16. The molecule has 0 bridgehead atoms. The molecule has 0 unspecified atom stereocenters. The summed E-state index contributed by atoms with van der Waals surface area (Å²) in [7, 11) is 0. The van der Waals surface area contributed by atoms with E-state index >= 15 is 0 Å². The van der Waals surface area contributed by atoms with Gasteiger partial charge in [-0.2, -0.15) is 0 Å². The van der Waals surface area contributed by atoms with Crippen LogP contribution in [0.4, 0.5) is 0 Å². The molecule has 23 rings (SSSR count). The molecule has 14 aromatic carbocycles. The van der Waals surface area contributed by atoms with Crippen LogP contribution in [0.3, 0.4) is 0 Å². The molecular weight excluding hydrogens is 1410 g/mol. The fourth-order valence-electron chi connectivity index (χ4n) is 16.2. The van der Waals surface area contributed by atoms with Crippen LogP contribution in [0.15, 0.2) is 407 Å². The van der Waals surface area contributed by atoms with E-state index in [1.165, 1.54) is 53.9 Å². The Morgan fingerprint density at radius 1 is 0.138 bits per heavy atom. The van der Waals surface area contributed by atoms with E-state index in [0.29, 0.717) is 0 Å².